The average Bonchev–Trinajstić information content (AvgIpc) is 2.62. The summed E-state index contributed by atoms with van der Waals surface area (Å²) in [5, 5.41) is 13.1. The van der Waals surface area contributed by atoms with Gasteiger partial charge in [-0.25, -0.2) is 4.98 Å². The Kier molecular flexibility index (Phi) is 3.53. The van der Waals surface area contributed by atoms with Gasteiger partial charge in [-0.05, 0) is 36.2 Å². The van der Waals surface area contributed by atoms with Gasteiger partial charge in [-0.1, -0.05) is 0 Å². The normalized spacial score (nSPS) is 24.1. The maximum absolute atomic E-state index is 9.97. The van der Waals surface area contributed by atoms with E-state index in [1.165, 1.54) is 0 Å². The van der Waals surface area contributed by atoms with Crippen LogP contribution >= 0.6 is 15.9 Å². The molecule has 94 valence electrons. The number of aromatic nitrogens is 2. The predicted molar refractivity (Wildman–Crippen MR) is 71.3 cm³/mol. The second-order valence-corrected chi connectivity index (χ2v) is 5.42. The fourth-order valence-corrected chi connectivity index (χ4v) is 2.39. The van der Waals surface area contributed by atoms with E-state index in [9.17, 15) is 5.11 Å². The van der Waals surface area contributed by atoms with Gasteiger partial charge in [0.15, 0.2) is 0 Å². The van der Waals surface area contributed by atoms with E-state index in [1.807, 2.05) is 13.8 Å². The molecule has 2 N–H and O–H groups in total. The summed E-state index contributed by atoms with van der Waals surface area (Å²) in [6.07, 6.45) is 2.51. The molecule has 0 aromatic carbocycles. The van der Waals surface area contributed by atoms with Gasteiger partial charge in [0.05, 0.1) is 10.1 Å². The highest BCUT2D eigenvalue weighted by Crippen LogP contribution is 2.30. The summed E-state index contributed by atoms with van der Waals surface area (Å²) < 4.78 is 0.858. The van der Waals surface area contributed by atoms with Gasteiger partial charge in [0.2, 0.25) is 5.95 Å². The Bertz CT molecular complexity index is 410. The Morgan fingerprint density at radius 1 is 1.65 bits per heavy atom. The number of anilines is 2. The molecule has 0 radical (unpaired) electrons. The van der Waals surface area contributed by atoms with E-state index in [0.29, 0.717) is 12.5 Å². The van der Waals surface area contributed by atoms with Gasteiger partial charge in [0.25, 0.3) is 0 Å². The SMILES string of the molecule is CCNc1ncc(Br)c(N2CCC(C)(O)C2)n1. The summed E-state index contributed by atoms with van der Waals surface area (Å²) in [4.78, 5) is 10.7. The molecule has 6 heteroatoms. The topological polar surface area (TPSA) is 61.3 Å². The van der Waals surface area contributed by atoms with E-state index in [0.717, 1.165) is 29.8 Å². The standard InChI is InChI=1S/C11H17BrN4O/c1-3-13-10-14-6-8(12)9(15-10)16-5-4-11(2,17)7-16/h6,17H,3-5,7H2,1-2H3,(H,13,14,15). The molecule has 1 aromatic rings. The third-order valence-corrected chi connectivity index (χ3v) is 3.37. The first-order valence-electron chi connectivity index (χ1n) is 5.75. The number of halogens is 1. The van der Waals surface area contributed by atoms with Crippen molar-refractivity contribution >= 4 is 27.7 Å². The highest BCUT2D eigenvalue weighted by atomic mass is 79.9. The van der Waals surface area contributed by atoms with Crippen molar-refractivity contribution in [2.24, 2.45) is 0 Å². The van der Waals surface area contributed by atoms with Crippen LogP contribution in [-0.4, -0.2) is 40.3 Å². The second-order valence-electron chi connectivity index (χ2n) is 4.56. The molecule has 1 atom stereocenters. The van der Waals surface area contributed by atoms with Crippen molar-refractivity contribution < 1.29 is 5.11 Å². The summed E-state index contributed by atoms with van der Waals surface area (Å²) in [5.41, 5.74) is -0.622. The zero-order valence-corrected chi connectivity index (χ0v) is 11.7. The first-order chi connectivity index (χ1) is 8.02. The fourth-order valence-electron chi connectivity index (χ4n) is 1.95. The Morgan fingerprint density at radius 2 is 2.41 bits per heavy atom. The molecule has 0 amide bonds. The molecule has 0 spiro atoms. The van der Waals surface area contributed by atoms with Crippen LogP contribution in [0.5, 0.6) is 0 Å². The summed E-state index contributed by atoms with van der Waals surface area (Å²) >= 11 is 3.45. The lowest BCUT2D eigenvalue weighted by molar-refractivity contribution is 0.0839. The molecule has 0 saturated carbocycles. The van der Waals surface area contributed by atoms with Crippen molar-refractivity contribution in [3.8, 4) is 0 Å². The van der Waals surface area contributed by atoms with Crippen LogP contribution in [0.3, 0.4) is 0 Å². The van der Waals surface area contributed by atoms with Gasteiger partial charge < -0.3 is 15.3 Å². The number of nitrogens with zero attached hydrogens (tertiary/aromatic N) is 3. The third kappa shape index (κ3) is 2.87. The molecule has 1 fully saturated rings. The highest BCUT2D eigenvalue weighted by Gasteiger charge is 2.33. The van der Waals surface area contributed by atoms with Gasteiger partial charge in [-0.3, -0.25) is 0 Å². The Morgan fingerprint density at radius 3 is 3.00 bits per heavy atom. The minimum atomic E-state index is -0.622. The van der Waals surface area contributed by atoms with Crippen molar-refractivity contribution in [3.05, 3.63) is 10.7 Å². The van der Waals surface area contributed by atoms with Gasteiger partial charge in [0.1, 0.15) is 5.82 Å². The van der Waals surface area contributed by atoms with Crippen LogP contribution in [0.25, 0.3) is 0 Å². The third-order valence-electron chi connectivity index (χ3n) is 2.81. The van der Waals surface area contributed by atoms with Gasteiger partial charge in [-0.15, -0.1) is 0 Å². The minimum Gasteiger partial charge on any atom is -0.388 e. The molecule has 1 saturated heterocycles. The molecule has 2 heterocycles. The number of hydrogen-bond donors (Lipinski definition) is 2. The highest BCUT2D eigenvalue weighted by molar-refractivity contribution is 9.10. The van der Waals surface area contributed by atoms with Crippen LogP contribution < -0.4 is 10.2 Å². The Balaban J connectivity index is 2.22. The molecular formula is C11H17BrN4O. The van der Waals surface area contributed by atoms with E-state index in [2.05, 4.69) is 36.1 Å². The summed E-state index contributed by atoms with van der Waals surface area (Å²) in [6, 6.07) is 0. The van der Waals surface area contributed by atoms with E-state index < -0.39 is 5.60 Å². The molecule has 2 rings (SSSR count). The number of β-amino-alcohol motifs (C(OH)–C–C–N with tert-alkyl or cyclic N) is 1. The maximum Gasteiger partial charge on any atom is 0.224 e. The monoisotopic (exact) mass is 300 g/mol. The summed E-state index contributed by atoms with van der Waals surface area (Å²) in [6.45, 7) is 6.07. The molecule has 0 aliphatic carbocycles. The number of aliphatic hydroxyl groups is 1. The number of nitrogens with one attached hydrogen (secondary N) is 1. The number of hydrogen-bond acceptors (Lipinski definition) is 5. The van der Waals surface area contributed by atoms with Crippen LogP contribution in [-0.2, 0) is 0 Å². The first-order valence-corrected chi connectivity index (χ1v) is 6.55. The second kappa shape index (κ2) is 4.78. The van der Waals surface area contributed by atoms with Crippen molar-refractivity contribution in [3.63, 3.8) is 0 Å². The lowest BCUT2D eigenvalue weighted by Gasteiger charge is -2.21. The van der Waals surface area contributed by atoms with Crippen LogP contribution in [0.15, 0.2) is 10.7 Å². The molecule has 1 aromatic heterocycles. The molecule has 1 unspecified atom stereocenters. The lowest BCUT2D eigenvalue weighted by Crippen LogP contribution is -2.30. The van der Waals surface area contributed by atoms with Crippen molar-refractivity contribution in [1.29, 1.82) is 0 Å². The average molecular weight is 301 g/mol. The van der Waals surface area contributed by atoms with Gasteiger partial charge in [-0.2, -0.15) is 4.98 Å². The van der Waals surface area contributed by atoms with Crippen LogP contribution in [0, 0.1) is 0 Å². The maximum atomic E-state index is 9.97. The van der Waals surface area contributed by atoms with E-state index in [4.69, 9.17) is 0 Å². The zero-order chi connectivity index (χ0) is 12.5. The zero-order valence-electron chi connectivity index (χ0n) is 10.1. The predicted octanol–water partition coefficient (Wildman–Crippen LogP) is 1.63. The molecule has 5 nitrogen and oxygen atoms in total. The van der Waals surface area contributed by atoms with Crippen molar-refractivity contribution in [2.45, 2.75) is 25.9 Å². The molecule has 0 bridgehead atoms. The Hall–Kier alpha value is -0.880. The quantitative estimate of drug-likeness (QED) is 0.888. The summed E-state index contributed by atoms with van der Waals surface area (Å²) in [5.74, 6) is 1.46. The smallest absolute Gasteiger partial charge is 0.224 e. The lowest BCUT2D eigenvalue weighted by atomic mass is 10.1. The van der Waals surface area contributed by atoms with E-state index in [-0.39, 0.29) is 0 Å². The summed E-state index contributed by atoms with van der Waals surface area (Å²) in [7, 11) is 0. The largest absolute Gasteiger partial charge is 0.388 e. The molecular weight excluding hydrogens is 284 g/mol. The molecule has 1 aliphatic rings. The fraction of sp³-hybridized carbons (Fsp3) is 0.636. The van der Waals surface area contributed by atoms with E-state index in [1.54, 1.807) is 6.20 Å². The van der Waals surface area contributed by atoms with Gasteiger partial charge in [0, 0.05) is 25.8 Å². The van der Waals surface area contributed by atoms with Gasteiger partial charge >= 0.3 is 0 Å². The van der Waals surface area contributed by atoms with Crippen molar-refractivity contribution in [2.75, 3.05) is 29.9 Å². The Labute approximate surface area is 109 Å². The minimum absolute atomic E-state index is 0.605. The van der Waals surface area contributed by atoms with E-state index >= 15 is 0 Å². The molecule has 1 aliphatic heterocycles. The van der Waals surface area contributed by atoms with Crippen LogP contribution in [0.2, 0.25) is 0 Å². The van der Waals surface area contributed by atoms with Crippen LogP contribution in [0.1, 0.15) is 20.3 Å². The van der Waals surface area contributed by atoms with Crippen LogP contribution in [0.4, 0.5) is 11.8 Å². The number of rotatable bonds is 3. The molecule has 17 heavy (non-hydrogen) atoms. The van der Waals surface area contributed by atoms with Crippen molar-refractivity contribution in [1.82, 2.24) is 9.97 Å². The first kappa shape index (κ1) is 12.6.